The summed E-state index contributed by atoms with van der Waals surface area (Å²) in [5.41, 5.74) is 2.39. The van der Waals surface area contributed by atoms with Crippen molar-refractivity contribution in [1.29, 1.82) is 0 Å². The Morgan fingerprint density at radius 3 is 2.77 bits per heavy atom. The van der Waals surface area contributed by atoms with Crippen LogP contribution in [0, 0.1) is 13.8 Å². The Balaban J connectivity index is 1.92. The number of methoxy groups -OCH3 is 1. The summed E-state index contributed by atoms with van der Waals surface area (Å²) < 4.78 is 7.07. The van der Waals surface area contributed by atoms with E-state index in [0.29, 0.717) is 24.6 Å². The molecule has 1 atom stereocenters. The average molecular weight is 475 g/mol. The number of fused-ring (bicyclic) bond motifs is 3. The van der Waals surface area contributed by atoms with Crippen LogP contribution in [0.1, 0.15) is 36.8 Å². The summed E-state index contributed by atoms with van der Waals surface area (Å²) in [6.07, 6.45) is 0.556. The Hall–Kier alpha value is -2.06. The number of pyridine rings is 1. The number of benzene rings is 1. The van der Waals surface area contributed by atoms with E-state index in [-0.39, 0.29) is 22.1 Å². The summed E-state index contributed by atoms with van der Waals surface area (Å²) in [5, 5.41) is 3.55. The molecular weight excluding hydrogens is 452 g/mol. The van der Waals surface area contributed by atoms with Gasteiger partial charge in [-0.05, 0) is 44.2 Å². The molecule has 0 spiro atoms. The van der Waals surface area contributed by atoms with Gasteiger partial charge in [0.2, 0.25) is 0 Å². The Morgan fingerprint density at radius 2 is 2.06 bits per heavy atom. The summed E-state index contributed by atoms with van der Waals surface area (Å²) in [4.78, 5) is 29.5. The number of nitrogens with zero attached hydrogens (tertiary/aromatic N) is 1. The van der Waals surface area contributed by atoms with Crippen molar-refractivity contribution < 1.29 is 9.53 Å². The molecule has 8 heteroatoms. The fourth-order valence-corrected chi connectivity index (χ4v) is 6.44. The zero-order valence-corrected chi connectivity index (χ0v) is 19.9. The van der Waals surface area contributed by atoms with E-state index in [1.54, 1.807) is 30.2 Å². The zero-order valence-electron chi connectivity index (χ0n) is 17.5. The third-order valence-electron chi connectivity index (χ3n) is 5.21. The van der Waals surface area contributed by atoms with Crippen molar-refractivity contribution in [2.24, 2.45) is 0 Å². The van der Waals surface area contributed by atoms with Gasteiger partial charge in [-0.15, -0.1) is 23.1 Å². The van der Waals surface area contributed by atoms with Crippen molar-refractivity contribution in [3.8, 4) is 5.69 Å². The van der Waals surface area contributed by atoms with Gasteiger partial charge in [-0.25, -0.2) is 0 Å². The van der Waals surface area contributed by atoms with Crippen LogP contribution in [0.15, 0.2) is 46.1 Å². The Morgan fingerprint density at radius 1 is 1.26 bits per heavy atom. The van der Waals surface area contributed by atoms with Crippen LogP contribution in [0.5, 0.6) is 0 Å². The molecule has 1 amide bonds. The van der Waals surface area contributed by atoms with Crippen LogP contribution in [-0.2, 0) is 11.2 Å². The third kappa shape index (κ3) is 4.46. The molecule has 0 aliphatic carbocycles. The van der Waals surface area contributed by atoms with Crippen LogP contribution in [0.3, 0.4) is 0 Å². The lowest BCUT2D eigenvalue weighted by atomic mass is 10.0. The number of thiophene rings is 1. The molecule has 0 fully saturated rings. The first-order valence-corrected chi connectivity index (χ1v) is 12.0. The van der Waals surface area contributed by atoms with Crippen molar-refractivity contribution in [2.75, 3.05) is 20.3 Å². The first-order valence-electron chi connectivity index (χ1n) is 9.94. The fraction of sp³-hybridized carbons (Fsp3) is 0.304. The molecule has 0 saturated heterocycles. The van der Waals surface area contributed by atoms with Crippen molar-refractivity contribution in [1.82, 2.24) is 9.88 Å². The van der Waals surface area contributed by atoms with Crippen molar-refractivity contribution in [3.63, 3.8) is 0 Å². The van der Waals surface area contributed by atoms with Gasteiger partial charge >= 0.3 is 0 Å². The molecule has 3 heterocycles. The van der Waals surface area contributed by atoms with E-state index >= 15 is 0 Å². The Kier molecular flexibility index (Phi) is 6.57. The van der Waals surface area contributed by atoms with Crippen LogP contribution in [0.2, 0.25) is 5.02 Å². The minimum atomic E-state index is -0.366. The lowest BCUT2D eigenvalue weighted by Crippen LogP contribution is -2.34. The van der Waals surface area contributed by atoms with E-state index in [1.807, 2.05) is 29.7 Å². The summed E-state index contributed by atoms with van der Waals surface area (Å²) >= 11 is 9.79. The van der Waals surface area contributed by atoms with E-state index in [0.717, 1.165) is 22.0 Å². The average Bonchev–Trinajstić information content (AvgIpc) is 3.07. The van der Waals surface area contributed by atoms with E-state index < -0.39 is 0 Å². The van der Waals surface area contributed by atoms with Gasteiger partial charge in [0, 0.05) is 62.5 Å². The van der Waals surface area contributed by atoms with Crippen LogP contribution in [0.25, 0.3) is 5.69 Å². The van der Waals surface area contributed by atoms with Crippen LogP contribution in [-0.4, -0.2) is 30.7 Å². The molecule has 1 aliphatic rings. The lowest BCUT2D eigenvalue weighted by molar-refractivity contribution is 0.0934. The maximum atomic E-state index is 13.0. The molecule has 0 saturated carbocycles. The van der Waals surface area contributed by atoms with Crippen molar-refractivity contribution in [3.05, 3.63) is 78.3 Å². The van der Waals surface area contributed by atoms with Crippen LogP contribution >= 0.6 is 34.7 Å². The minimum Gasteiger partial charge on any atom is -0.383 e. The first kappa shape index (κ1) is 22.1. The number of thioether (sulfide) groups is 1. The van der Waals surface area contributed by atoms with Crippen molar-refractivity contribution in [2.45, 2.75) is 30.4 Å². The molecule has 1 aliphatic heterocycles. The number of hydrogen-bond acceptors (Lipinski definition) is 5. The van der Waals surface area contributed by atoms with E-state index in [2.05, 4.69) is 24.4 Å². The highest BCUT2D eigenvalue weighted by molar-refractivity contribution is 7.99. The van der Waals surface area contributed by atoms with Gasteiger partial charge in [-0.1, -0.05) is 11.6 Å². The smallest absolute Gasteiger partial charge is 0.257 e. The number of carbonyl (C=O) groups is 1. The number of rotatable bonds is 5. The number of aryl methyl sites for hydroxylation is 2. The highest BCUT2D eigenvalue weighted by Crippen LogP contribution is 2.46. The summed E-state index contributed by atoms with van der Waals surface area (Å²) in [6.45, 7) is 4.71. The third-order valence-corrected chi connectivity index (χ3v) is 7.99. The van der Waals surface area contributed by atoms with Gasteiger partial charge in [0.1, 0.15) is 5.56 Å². The number of aromatic nitrogens is 1. The van der Waals surface area contributed by atoms with Gasteiger partial charge in [0.25, 0.3) is 5.91 Å². The number of carbonyl (C=O) groups excluding carboxylic acids is 1. The maximum Gasteiger partial charge on any atom is 0.257 e. The molecule has 31 heavy (non-hydrogen) atoms. The largest absolute Gasteiger partial charge is 0.383 e. The number of halogens is 1. The minimum absolute atomic E-state index is 0.0661. The molecular formula is C23H23ClN2O3S2. The highest BCUT2D eigenvalue weighted by atomic mass is 35.5. The SMILES string of the molecule is COCCNC(=O)c1c2n(c(C)cc1=O)-c1ccc(Cl)cc1SC(c1ccc(C)s1)C2. The molecule has 5 nitrogen and oxygen atoms in total. The second-order valence-corrected chi connectivity index (χ2v) is 10.4. The molecule has 0 radical (unpaired) electrons. The fourth-order valence-electron chi connectivity index (χ4n) is 3.84. The molecule has 1 N–H and O–H groups in total. The Bertz CT molecular complexity index is 1200. The summed E-state index contributed by atoms with van der Waals surface area (Å²) in [6, 6.07) is 11.5. The second kappa shape index (κ2) is 9.20. The van der Waals surface area contributed by atoms with Crippen LogP contribution < -0.4 is 10.7 Å². The van der Waals surface area contributed by atoms with Gasteiger partial charge in [-0.3, -0.25) is 9.59 Å². The van der Waals surface area contributed by atoms with Gasteiger partial charge in [0.05, 0.1) is 12.3 Å². The number of nitrogens with one attached hydrogen (secondary N) is 1. The predicted octanol–water partition coefficient (Wildman–Crippen LogP) is 4.93. The number of amides is 1. The lowest BCUT2D eigenvalue weighted by Gasteiger charge is -2.20. The van der Waals surface area contributed by atoms with Gasteiger partial charge in [0.15, 0.2) is 5.43 Å². The molecule has 1 aromatic carbocycles. The molecule has 4 rings (SSSR count). The Labute approximate surface area is 194 Å². The monoisotopic (exact) mass is 474 g/mol. The zero-order chi connectivity index (χ0) is 22.1. The molecule has 3 aromatic rings. The number of ether oxygens (including phenoxy) is 1. The normalized spacial score (nSPS) is 15.2. The van der Waals surface area contributed by atoms with Gasteiger partial charge < -0.3 is 14.6 Å². The standard InChI is InChI=1S/C23H23ClN2O3S2/c1-13-10-18(27)22(23(28)25-8-9-29-3)17-12-21(19-7-4-14(2)30-19)31-20-11-15(24)5-6-16(20)26(13)17/h4-7,10-11,21H,8-9,12H2,1-3H3,(H,25,28). The highest BCUT2D eigenvalue weighted by Gasteiger charge is 2.29. The van der Waals surface area contributed by atoms with E-state index in [4.69, 9.17) is 16.3 Å². The maximum absolute atomic E-state index is 13.0. The van der Waals surface area contributed by atoms with Gasteiger partial charge in [-0.2, -0.15) is 0 Å². The molecule has 162 valence electrons. The van der Waals surface area contributed by atoms with E-state index in [1.165, 1.54) is 15.8 Å². The topological polar surface area (TPSA) is 60.3 Å². The molecule has 2 aromatic heterocycles. The summed E-state index contributed by atoms with van der Waals surface area (Å²) in [5.74, 6) is -0.366. The van der Waals surface area contributed by atoms with Crippen LogP contribution in [0.4, 0.5) is 0 Å². The predicted molar refractivity (Wildman–Crippen MR) is 127 cm³/mol. The quantitative estimate of drug-likeness (QED) is 0.532. The molecule has 0 bridgehead atoms. The summed E-state index contributed by atoms with van der Waals surface area (Å²) in [7, 11) is 1.58. The first-order chi connectivity index (χ1) is 14.9. The second-order valence-electron chi connectivity index (χ2n) is 7.43. The molecule has 1 unspecified atom stereocenters. The van der Waals surface area contributed by atoms with E-state index in [9.17, 15) is 9.59 Å². The van der Waals surface area contributed by atoms with Crippen molar-refractivity contribution >= 4 is 40.6 Å². The number of hydrogen-bond donors (Lipinski definition) is 1.